The Hall–Kier alpha value is -4.06. The van der Waals surface area contributed by atoms with Gasteiger partial charge in [0.25, 0.3) is 21.9 Å². The van der Waals surface area contributed by atoms with E-state index in [9.17, 15) is 27.7 Å². The number of aromatic hydroxyl groups is 1. The lowest BCUT2D eigenvalue weighted by Gasteiger charge is -2.13. The fourth-order valence-corrected chi connectivity index (χ4v) is 4.41. The minimum atomic E-state index is -4.73. The zero-order valence-electron chi connectivity index (χ0n) is 17.9. The second-order valence-corrected chi connectivity index (χ2v) is 9.53. The van der Waals surface area contributed by atoms with E-state index in [1.165, 1.54) is 42.5 Å². The van der Waals surface area contributed by atoms with Crippen LogP contribution in [0.2, 0.25) is 0 Å². The van der Waals surface area contributed by atoms with E-state index in [1.807, 2.05) is 0 Å². The van der Waals surface area contributed by atoms with Gasteiger partial charge in [0.2, 0.25) is 0 Å². The number of carbonyl (C=O) groups is 2. The molecular weight excluding hydrogens is 490 g/mol. The molecule has 0 bridgehead atoms. The van der Waals surface area contributed by atoms with Crippen molar-refractivity contribution in [3.05, 3.63) is 83.9 Å². The number of rotatable bonds is 5. The van der Waals surface area contributed by atoms with E-state index < -0.39 is 26.8 Å². The molecular formula is C24H19N3O6S2. The summed E-state index contributed by atoms with van der Waals surface area (Å²) in [4.78, 5) is 25.2. The molecule has 0 radical (unpaired) electrons. The lowest BCUT2D eigenvalue weighted by Crippen LogP contribution is -2.16. The predicted octanol–water partition coefficient (Wildman–Crippen LogP) is 4.17. The SMILES string of the molecule is Nc1cccc(C(=O)Nc2cccc(C(=O)Nc3cc4c(O)cc(S)cc4cc3S(=O)(=O)O)c2)c1. The molecule has 0 aromatic heterocycles. The first-order valence-corrected chi connectivity index (χ1v) is 12.0. The highest BCUT2D eigenvalue weighted by atomic mass is 32.2. The van der Waals surface area contributed by atoms with Crippen LogP contribution in [0.3, 0.4) is 0 Å². The molecule has 0 aliphatic rings. The largest absolute Gasteiger partial charge is 0.507 e. The van der Waals surface area contributed by atoms with Gasteiger partial charge in [0.05, 0.1) is 5.69 Å². The zero-order valence-corrected chi connectivity index (χ0v) is 19.6. The molecule has 4 aromatic rings. The molecule has 0 unspecified atom stereocenters. The van der Waals surface area contributed by atoms with Crippen LogP contribution in [0, 0.1) is 0 Å². The molecule has 0 fully saturated rings. The second kappa shape index (κ2) is 9.29. The number of nitrogen functional groups attached to an aromatic ring is 1. The highest BCUT2D eigenvalue weighted by Crippen LogP contribution is 2.34. The first kappa shape index (κ1) is 24.1. The number of thiol groups is 1. The monoisotopic (exact) mass is 509 g/mol. The van der Waals surface area contributed by atoms with Crippen LogP contribution >= 0.6 is 12.6 Å². The molecule has 2 amide bonds. The quantitative estimate of drug-likeness (QED) is 0.134. The Labute approximate surface area is 205 Å². The molecule has 0 heterocycles. The Bertz CT molecular complexity index is 1600. The number of nitrogens with one attached hydrogen (secondary N) is 2. The lowest BCUT2D eigenvalue weighted by molar-refractivity contribution is 0.101. The fourth-order valence-electron chi connectivity index (χ4n) is 3.48. The number of hydrogen-bond donors (Lipinski definition) is 6. The van der Waals surface area contributed by atoms with Crippen molar-refractivity contribution < 1.29 is 27.7 Å². The van der Waals surface area contributed by atoms with E-state index in [0.717, 1.165) is 6.07 Å². The van der Waals surface area contributed by atoms with Crippen molar-refractivity contribution in [2.24, 2.45) is 0 Å². The van der Waals surface area contributed by atoms with Crippen LogP contribution < -0.4 is 16.4 Å². The van der Waals surface area contributed by atoms with Gasteiger partial charge in [0.1, 0.15) is 10.6 Å². The normalized spacial score (nSPS) is 11.3. The van der Waals surface area contributed by atoms with Crippen molar-refractivity contribution in [2.45, 2.75) is 9.79 Å². The van der Waals surface area contributed by atoms with Crippen LogP contribution in [0.15, 0.2) is 82.6 Å². The van der Waals surface area contributed by atoms with Crippen LogP contribution in [0.1, 0.15) is 20.7 Å². The third kappa shape index (κ3) is 5.38. The van der Waals surface area contributed by atoms with Crippen LogP contribution in [0.25, 0.3) is 10.8 Å². The number of phenols is 1. The van der Waals surface area contributed by atoms with Gasteiger partial charge in [-0.15, -0.1) is 12.6 Å². The van der Waals surface area contributed by atoms with Gasteiger partial charge in [-0.25, -0.2) is 0 Å². The molecule has 0 saturated carbocycles. The fraction of sp³-hybridized carbons (Fsp3) is 0. The maximum atomic E-state index is 12.9. The van der Waals surface area contributed by atoms with Gasteiger partial charge < -0.3 is 21.5 Å². The summed E-state index contributed by atoms with van der Waals surface area (Å²) in [7, 11) is -4.73. The molecule has 6 N–H and O–H groups in total. The molecule has 0 aliphatic heterocycles. The van der Waals surface area contributed by atoms with E-state index in [1.54, 1.807) is 24.3 Å². The minimum absolute atomic E-state index is 0.103. The van der Waals surface area contributed by atoms with E-state index in [4.69, 9.17) is 5.73 Å². The molecule has 11 heteroatoms. The van der Waals surface area contributed by atoms with Crippen LogP contribution in [0.5, 0.6) is 5.75 Å². The van der Waals surface area contributed by atoms with Crippen molar-refractivity contribution >= 4 is 62.4 Å². The molecule has 0 aliphatic carbocycles. The number of fused-ring (bicyclic) bond motifs is 1. The first-order chi connectivity index (χ1) is 16.5. The van der Waals surface area contributed by atoms with E-state index in [-0.39, 0.29) is 22.4 Å². The average molecular weight is 510 g/mol. The molecule has 4 aromatic carbocycles. The topological polar surface area (TPSA) is 159 Å². The molecule has 0 atom stereocenters. The summed E-state index contributed by atoms with van der Waals surface area (Å²) < 4.78 is 33.7. The number of benzene rings is 4. The summed E-state index contributed by atoms with van der Waals surface area (Å²) in [6.07, 6.45) is 0. The molecule has 0 spiro atoms. The highest BCUT2D eigenvalue weighted by molar-refractivity contribution is 7.86. The van der Waals surface area contributed by atoms with Crippen LogP contribution in [-0.4, -0.2) is 29.9 Å². The summed E-state index contributed by atoms with van der Waals surface area (Å²) in [5.74, 6) is -1.33. The van der Waals surface area contributed by atoms with Gasteiger partial charge in [0, 0.05) is 32.8 Å². The Balaban J connectivity index is 1.65. The Morgan fingerprint density at radius 1 is 0.857 bits per heavy atom. The molecule has 35 heavy (non-hydrogen) atoms. The maximum Gasteiger partial charge on any atom is 0.296 e. The maximum absolute atomic E-state index is 12.9. The van der Waals surface area contributed by atoms with E-state index in [2.05, 4.69) is 23.3 Å². The summed E-state index contributed by atoms with van der Waals surface area (Å²) in [5, 5.41) is 15.9. The standard InChI is InChI=1S/C24H19N3O6S2/c25-16-5-1-3-13(7-16)23(29)26-17-6-2-4-14(8-17)24(30)27-20-12-19-15(9-18(34)11-21(19)28)10-22(20)35(31,32)33/h1-12,28,34H,25H2,(H,26,29)(H,27,30)(H,31,32,33). The van der Waals surface area contributed by atoms with Crippen molar-refractivity contribution in [2.75, 3.05) is 16.4 Å². The molecule has 178 valence electrons. The number of hydrogen-bond acceptors (Lipinski definition) is 7. The number of nitrogens with two attached hydrogens (primary N) is 1. The van der Waals surface area contributed by atoms with Crippen molar-refractivity contribution in [3.63, 3.8) is 0 Å². The van der Waals surface area contributed by atoms with Crippen molar-refractivity contribution in [1.29, 1.82) is 0 Å². The number of phenolic OH excluding ortho intramolecular Hbond substituents is 1. The Kier molecular flexibility index (Phi) is 6.39. The summed E-state index contributed by atoms with van der Waals surface area (Å²) >= 11 is 4.15. The van der Waals surface area contributed by atoms with Crippen molar-refractivity contribution in [3.8, 4) is 5.75 Å². The summed E-state index contributed by atoms with van der Waals surface area (Å²) in [5.41, 5.74) is 6.65. The van der Waals surface area contributed by atoms with Crippen LogP contribution in [0.4, 0.5) is 17.1 Å². The van der Waals surface area contributed by atoms with Gasteiger partial charge >= 0.3 is 0 Å². The van der Waals surface area contributed by atoms with Gasteiger partial charge in [-0.1, -0.05) is 12.1 Å². The summed E-state index contributed by atoms with van der Waals surface area (Å²) in [6, 6.07) is 17.6. The van der Waals surface area contributed by atoms with Gasteiger partial charge in [0.15, 0.2) is 0 Å². The number of carbonyl (C=O) groups excluding carboxylic acids is 2. The Morgan fingerprint density at radius 3 is 2.20 bits per heavy atom. The molecule has 0 saturated heterocycles. The van der Waals surface area contributed by atoms with E-state index in [0.29, 0.717) is 27.2 Å². The van der Waals surface area contributed by atoms with Gasteiger partial charge in [-0.05, 0) is 66.0 Å². The predicted molar refractivity (Wildman–Crippen MR) is 136 cm³/mol. The second-order valence-electron chi connectivity index (χ2n) is 7.62. The third-order valence-corrected chi connectivity index (χ3v) is 6.23. The highest BCUT2D eigenvalue weighted by Gasteiger charge is 2.20. The lowest BCUT2D eigenvalue weighted by atomic mass is 10.1. The Morgan fingerprint density at radius 2 is 1.51 bits per heavy atom. The number of anilines is 3. The third-order valence-electron chi connectivity index (χ3n) is 5.07. The zero-order chi connectivity index (χ0) is 25.3. The molecule has 4 rings (SSSR count). The summed E-state index contributed by atoms with van der Waals surface area (Å²) in [6.45, 7) is 0. The van der Waals surface area contributed by atoms with Gasteiger partial charge in [-0.3, -0.25) is 14.1 Å². The smallest absolute Gasteiger partial charge is 0.296 e. The first-order valence-electron chi connectivity index (χ1n) is 10.1. The molecule has 9 nitrogen and oxygen atoms in total. The van der Waals surface area contributed by atoms with E-state index >= 15 is 0 Å². The van der Waals surface area contributed by atoms with Crippen LogP contribution in [-0.2, 0) is 10.1 Å². The average Bonchev–Trinajstić information content (AvgIpc) is 2.78. The number of amides is 2. The minimum Gasteiger partial charge on any atom is -0.507 e. The van der Waals surface area contributed by atoms with Crippen molar-refractivity contribution in [1.82, 2.24) is 0 Å². The van der Waals surface area contributed by atoms with Gasteiger partial charge in [-0.2, -0.15) is 8.42 Å².